The van der Waals surface area contributed by atoms with Crippen molar-refractivity contribution in [2.75, 3.05) is 32.7 Å². The lowest BCUT2D eigenvalue weighted by Crippen LogP contribution is -2.08. The van der Waals surface area contributed by atoms with Crippen LogP contribution in [0.15, 0.2) is 0 Å². The Balaban J connectivity index is 2.75. The highest BCUT2D eigenvalue weighted by Gasteiger charge is 2.10. The van der Waals surface area contributed by atoms with E-state index >= 15 is 0 Å². The molecule has 0 saturated heterocycles. The summed E-state index contributed by atoms with van der Waals surface area (Å²) in [5, 5.41) is 3.06. The lowest BCUT2D eigenvalue weighted by molar-refractivity contribution is 0.170. The molecule has 0 radical (unpaired) electrons. The fourth-order valence-corrected chi connectivity index (χ4v) is 1.45. The molecule has 0 atom stereocenters. The zero-order valence-corrected chi connectivity index (χ0v) is 11.0. The molecule has 0 unspecified atom stereocenters. The van der Waals surface area contributed by atoms with Crippen molar-refractivity contribution in [1.29, 1.82) is 0 Å². The van der Waals surface area contributed by atoms with Crippen molar-refractivity contribution in [2.45, 2.75) is 26.7 Å². The molecule has 0 aliphatic carbocycles. The largest absolute Gasteiger partial charge is 0.477 e. The van der Waals surface area contributed by atoms with Crippen LogP contribution in [0.4, 0.5) is 5.82 Å². The first kappa shape index (κ1) is 13.7. The molecule has 96 valence electrons. The molecule has 1 aromatic rings. The summed E-state index contributed by atoms with van der Waals surface area (Å²) in [6.45, 7) is 5.29. The van der Waals surface area contributed by atoms with E-state index in [0.29, 0.717) is 19.1 Å². The Morgan fingerprint density at radius 3 is 2.59 bits per heavy atom. The predicted octanol–water partition coefficient (Wildman–Crippen LogP) is 1.80. The minimum atomic E-state index is 0.609. The number of nitrogens with zero attached hydrogens (tertiary/aromatic N) is 2. The van der Waals surface area contributed by atoms with Gasteiger partial charge >= 0.3 is 0 Å². The first-order valence-corrected chi connectivity index (χ1v) is 5.89. The summed E-state index contributed by atoms with van der Waals surface area (Å²) in [5.41, 5.74) is 0.946. The van der Waals surface area contributed by atoms with Crippen LogP contribution in [0.5, 0.6) is 5.88 Å². The van der Waals surface area contributed by atoms with Gasteiger partial charge in [0.1, 0.15) is 11.6 Å². The van der Waals surface area contributed by atoms with Crippen LogP contribution in [-0.4, -0.2) is 37.3 Å². The van der Waals surface area contributed by atoms with E-state index in [9.17, 15) is 0 Å². The third-order valence-corrected chi connectivity index (χ3v) is 2.43. The maximum Gasteiger partial charge on any atom is 0.221 e. The zero-order chi connectivity index (χ0) is 12.7. The van der Waals surface area contributed by atoms with E-state index in [0.717, 1.165) is 30.0 Å². The van der Waals surface area contributed by atoms with Crippen LogP contribution in [0.3, 0.4) is 0 Å². The Labute approximate surface area is 103 Å². The number of nitrogens with one attached hydrogen (secondary N) is 1. The SMILES string of the molecule is CCc1nc(NC)c(C)c(OCCCOC)n1. The summed E-state index contributed by atoms with van der Waals surface area (Å²) in [6.07, 6.45) is 1.65. The summed E-state index contributed by atoms with van der Waals surface area (Å²) >= 11 is 0. The molecule has 1 heterocycles. The number of ether oxygens (including phenoxy) is 2. The van der Waals surface area contributed by atoms with Gasteiger partial charge in [0.25, 0.3) is 0 Å². The van der Waals surface area contributed by atoms with Gasteiger partial charge in [-0.2, -0.15) is 4.98 Å². The van der Waals surface area contributed by atoms with Crippen LogP contribution in [0.2, 0.25) is 0 Å². The van der Waals surface area contributed by atoms with Crippen molar-refractivity contribution in [3.05, 3.63) is 11.4 Å². The number of hydrogen-bond acceptors (Lipinski definition) is 5. The van der Waals surface area contributed by atoms with E-state index in [2.05, 4.69) is 15.3 Å². The summed E-state index contributed by atoms with van der Waals surface area (Å²) in [4.78, 5) is 8.77. The Bertz CT molecular complexity index is 356. The van der Waals surface area contributed by atoms with Gasteiger partial charge in [-0.3, -0.25) is 0 Å². The molecule has 1 rings (SSSR count). The molecule has 0 aliphatic rings. The standard InChI is InChI=1S/C12H21N3O2/c1-5-10-14-11(13-3)9(2)12(15-10)17-8-6-7-16-4/h5-8H2,1-4H3,(H,13,14,15). The molecule has 0 aromatic carbocycles. The van der Waals surface area contributed by atoms with Crippen molar-refractivity contribution in [3.8, 4) is 5.88 Å². The van der Waals surface area contributed by atoms with Gasteiger partial charge in [0.15, 0.2) is 0 Å². The van der Waals surface area contributed by atoms with E-state index in [-0.39, 0.29) is 0 Å². The van der Waals surface area contributed by atoms with Crippen LogP contribution in [0.1, 0.15) is 24.7 Å². The maximum atomic E-state index is 5.65. The third kappa shape index (κ3) is 3.85. The molecule has 0 amide bonds. The molecule has 1 aromatic heterocycles. The highest BCUT2D eigenvalue weighted by molar-refractivity contribution is 5.48. The molecule has 0 bridgehead atoms. The quantitative estimate of drug-likeness (QED) is 0.735. The molecule has 1 N–H and O–H groups in total. The van der Waals surface area contributed by atoms with E-state index < -0.39 is 0 Å². The second-order valence-electron chi connectivity index (χ2n) is 3.72. The van der Waals surface area contributed by atoms with Crippen molar-refractivity contribution < 1.29 is 9.47 Å². The molecular weight excluding hydrogens is 218 g/mol. The van der Waals surface area contributed by atoms with Crippen molar-refractivity contribution >= 4 is 5.82 Å². The van der Waals surface area contributed by atoms with Crippen LogP contribution >= 0.6 is 0 Å². The molecule has 0 aliphatic heterocycles. The average molecular weight is 239 g/mol. The Morgan fingerprint density at radius 2 is 2.00 bits per heavy atom. The van der Waals surface area contributed by atoms with Crippen LogP contribution in [0.25, 0.3) is 0 Å². The van der Waals surface area contributed by atoms with E-state index in [1.165, 1.54) is 0 Å². The summed E-state index contributed by atoms with van der Waals surface area (Å²) in [5.74, 6) is 2.29. The Kier molecular flexibility index (Phi) is 5.69. The molecular formula is C12H21N3O2. The van der Waals surface area contributed by atoms with E-state index in [1.807, 2.05) is 20.9 Å². The molecule has 0 spiro atoms. The van der Waals surface area contributed by atoms with E-state index in [4.69, 9.17) is 9.47 Å². The number of hydrogen-bond donors (Lipinski definition) is 1. The molecule has 5 heteroatoms. The molecule has 0 fully saturated rings. The second kappa shape index (κ2) is 7.06. The summed E-state index contributed by atoms with van der Waals surface area (Å²) in [6, 6.07) is 0. The first-order valence-electron chi connectivity index (χ1n) is 5.89. The van der Waals surface area contributed by atoms with Gasteiger partial charge in [0.05, 0.1) is 12.2 Å². The van der Waals surface area contributed by atoms with Gasteiger partial charge in [0.2, 0.25) is 5.88 Å². The topological polar surface area (TPSA) is 56.3 Å². The highest BCUT2D eigenvalue weighted by Crippen LogP contribution is 2.21. The predicted molar refractivity (Wildman–Crippen MR) is 67.7 cm³/mol. The van der Waals surface area contributed by atoms with Gasteiger partial charge in [0, 0.05) is 33.6 Å². The van der Waals surface area contributed by atoms with Gasteiger partial charge in [-0.25, -0.2) is 4.98 Å². The first-order chi connectivity index (χ1) is 8.22. The number of aromatic nitrogens is 2. The highest BCUT2D eigenvalue weighted by atomic mass is 16.5. The average Bonchev–Trinajstić information content (AvgIpc) is 2.36. The van der Waals surface area contributed by atoms with Gasteiger partial charge in [-0.15, -0.1) is 0 Å². The van der Waals surface area contributed by atoms with Gasteiger partial charge in [-0.1, -0.05) is 6.92 Å². The second-order valence-corrected chi connectivity index (χ2v) is 3.72. The Morgan fingerprint density at radius 1 is 1.24 bits per heavy atom. The number of anilines is 1. The fourth-order valence-electron chi connectivity index (χ4n) is 1.45. The lowest BCUT2D eigenvalue weighted by atomic mass is 10.3. The van der Waals surface area contributed by atoms with Crippen molar-refractivity contribution in [3.63, 3.8) is 0 Å². The number of aryl methyl sites for hydroxylation is 1. The maximum absolute atomic E-state index is 5.65. The van der Waals surface area contributed by atoms with E-state index in [1.54, 1.807) is 7.11 Å². The monoisotopic (exact) mass is 239 g/mol. The van der Waals surface area contributed by atoms with Crippen molar-refractivity contribution in [1.82, 2.24) is 9.97 Å². The third-order valence-electron chi connectivity index (χ3n) is 2.43. The van der Waals surface area contributed by atoms with Gasteiger partial charge in [-0.05, 0) is 6.92 Å². The summed E-state index contributed by atoms with van der Waals surface area (Å²) < 4.78 is 10.6. The fraction of sp³-hybridized carbons (Fsp3) is 0.667. The summed E-state index contributed by atoms with van der Waals surface area (Å²) in [7, 11) is 3.54. The molecule has 17 heavy (non-hydrogen) atoms. The smallest absolute Gasteiger partial charge is 0.221 e. The zero-order valence-electron chi connectivity index (χ0n) is 11.0. The minimum Gasteiger partial charge on any atom is -0.477 e. The van der Waals surface area contributed by atoms with Crippen LogP contribution in [-0.2, 0) is 11.2 Å². The lowest BCUT2D eigenvalue weighted by Gasteiger charge is -2.12. The minimum absolute atomic E-state index is 0.609. The van der Waals surface area contributed by atoms with Crippen LogP contribution in [0, 0.1) is 6.92 Å². The van der Waals surface area contributed by atoms with Gasteiger partial charge < -0.3 is 14.8 Å². The molecule has 5 nitrogen and oxygen atoms in total. The van der Waals surface area contributed by atoms with Crippen LogP contribution < -0.4 is 10.1 Å². The number of rotatable bonds is 7. The molecule has 0 saturated carbocycles. The number of methoxy groups -OCH3 is 1. The van der Waals surface area contributed by atoms with Crippen molar-refractivity contribution in [2.24, 2.45) is 0 Å². The normalized spacial score (nSPS) is 10.4. The Hall–Kier alpha value is -1.36.